The van der Waals surface area contributed by atoms with Gasteiger partial charge >= 0.3 is 6.03 Å². The maximum atomic E-state index is 13.3. The highest BCUT2D eigenvalue weighted by atomic mass is 19.1. The molecule has 0 aliphatic carbocycles. The van der Waals surface area contributed by atoms with E-state index in [2.05, 4.69) is 16.0 Å². The highest BCUT2D eigenvalue weighted by Crippen LogP contribution is 2.15. The van der Waals surface area contributed by atoms with E-state index in [-0.39, 0.29) is 17.8 Å². The maximum absolute atomic E-state index is 13.3. The molecule has 0 bridgehead atoms. The zero-order valence-corrected chi connectivity index (χ0v) is 17.4. The molecule has 162 valence electrons. The number of likely N-dealkylation sites (N-methyl/N-ethyl adjacent to an activating group) is 1. The van der Waals surface area contributed by atoms with Gasteiger partial charge in [0, 0.05) is 25.0 Å². The molecule has 0 saturated carbocycles. The highest BCUT2D eigenvalue weighted by molar-refractivity contribution is 5.89. The number of hydrogen-bond donors (Lipinski definition) is 3. The fourth-order valence-electron chi connectivity index (χ4n) is 3.04. The first-order chi connectivity index (χ1) is 14.9. The number of rotatable bonds is 8. The van der Waals surface area contributed by atoms with Crippen LogP contribution in [0.15, 0.2) is 71.3 Å². The van der Waals surface area contributed by atoms with Gasteiger partial charge in [-0.25, -0.2) is 9.18 Å². The van der Waals surface area contributed by atoms with Crippen molar-refractivity contribution < 1.29 is 18.4 Å². The van der Waals surface area contributed by atoms with Crippen LogP contribution in [0.3, 0.4) is 0 Å². The Morgan fingerprint density at radius 1 is 1.06 bits per heavy atom. The molecular formula is C23H25FN4O3. The van der Waals surface area contributed by atoms with Gasteiger partial charge in [-0.1, -0.05) is 12.1 Å². The third-order valence-electron chi connectivity index (χ3n) is 4.58. The van der Waals surface area contributed by atoms with E-state index < -0.39 is 6.04 Å². The molecule has 3 aromatic rings. The molecule has 2 aromatic carbocycles. The average molecular weight is 424 g/mol. The molecule has 1 heterocycles. The van der Waals surface area contributed by atoms with Crippen LogP contribution < -0.4 is 16.0 Å². The minimum Gasteiger partial charge on any atom is -0.467 e. The summed E-state index contributed by atoms with van der Waals surface area (Å²) in [5.41, 5.74) is 2.08. The Kier molecular flexibility index (Phi) is 7.26. The molecule has 1 unspecified atom stereocenters. The van der Waals surface area contributed by atoms with Crippen LogP contribution >= 0.6 is 0 Å². The van der Waals surface area contributed by atoms with E-state index in [4.69, 9.17) is 4.42 Å². The Labute approximate surface area is 180 Å². The Morgan fingerprint density at radius 2 is 1.81 bits per heavy atom. The molecule has 0 fully saturated rings. The lowest BCUT2D eigenvalue weighted by Crippen LogP contribution is -2.38. The van der Waals surface area contributed by atoms with E-state index in [9.17, 15) is 14.0 Å². The molecule has 0 aliphatic heterocycles. The Balaban J connectivity index is 1.47. The summed E-state index contributed by atoms with van der Waals surface area (Å²) in [7, 11) is 1.68. The number of furan rings is 1. The molecule has 7 nitrogen and oxygen atoms in total. The molecule has 3 N–H and O–H groups in total. The fourth-order valence-corrected chi connectivity index (χ4v) is 3.04. The zero-order valence-electron chi connectivity index (χ0n) is 17.4. The predicted molar refractivity (Wildman–Crippen MR) is 117 cm³/mol. The van der Waals surface area contributed by atoms with E-state index in [0.717, 1.165) is 11.3 Å². The number of halogens is 1. The minimum atomic E-state index is -0.478. The van der Waals surface area contributed by atoms with E-state index in [1.165, 1.54) is 12.1 Å². The number of nitrogens with zero attached hydrogens (tertiary/aromatic N) is 1. The summed E-state index contributed by atoms with van der Waals surface area (Å²) in [4.78, 5) is 26.1. The molecule has 3 amide bonds. The first-order valence-corrected chi connectivity index (χ1v) is 9.84. The summed E-state index contributed by atoms with van der Waals surface area (Å²) < 4.78 is 18.5. The van der Waals surface area contributed by atoms with Gasteiger partial charge in [0.15, 0.2) is 0 Å². The summed E-state index contributed by atoms with van der Waals surface area (Å²) in [6.45, 7) is 2.37. The van der Waals surface area contributed by atoms with Gasteiger partial charge in [-0.3, -0.25) is 4.79 Å². The predicted octanol–water partition coefficient (Wildman–Crippen LogP) is 4.20. The SMILES string of the molecule is CC(Nc1ccc(NC(=O)NCc2ccco2)cc1)C(=O)N(C)Cc1cccc(F)c1. The van der Waals surface area contributed by atoms with Crippen LogP contribution in [0, 0.1) is 5.82 Å². The van der Waals surface area contributed by atoms with Crippen molar-refractivity contribution in [2.75, 3.05) is 17.7 Å². The van der Waals surface area contributed by atoms with Crippen molar-refractivity contribution >= 4 is 23.3 Å². The van der Waals surface area contributed by atoms with Gasteiger partial charge < -0.3 is 25.3 Å². The molecule has 31 heavy (non-hydrogen) atoms. The molecule has 0 saturated heterocycles. The van der Waals surface area contributed by atoms with E-state index in [1.807, 2.05) is 0 Å². The van der Waals surface area contributed by atoms with E-state index >= 15 is 0 Å². The van der Waals surface area contributed by atoms with Crippen molar-refractivity contribution in [1.29, 1.82) is 0 Å². The number of carbonyl (C=O) groups excluding carboxylic acids is 2. The van der Waals surface area contributed by atoms with Gasteiger partial charge in [0.25, 0.3) is 0 Å². The lowest BCUT2D eigenvalue weighted by molar-refractivity contribution is -0.130. The number of benzene rings is 2. The highest BCUT2D eigenvalue weighted by Gasteiger charge is 2.17. The van der Waals surface area contributed by atoms with Crippen LogP contribution in [0.5, 0.6) is 0 Å². The van der Waals surface area contributed by atoms with Crippen LogP contribution in [0.4, 0.5) is 20.6 Å². The van der Waals surface area contributed by atoms with Crippen molar-refractivity contribution in [2.24, 2.45) is 0 Å². The smallest absolute Gasteiger partial charge is 0.319 e. The summed E-state index contributed by atoms with van der Waals surface area (Å²) >= 11 is 0. The maximum Gasteiger partial charge on any atom is 0.319 e. The Hall–Kier alpha value is -3.81. The first-order valence-electron chi connectivity index (χ1n) is 9.84. The second-order valence-corrected chi connectivity index (χ2v) is 7.15. The molecular weight excluding hydrogens is 399 g/mol. The van der Waals surface area contributed by atoms with Crippen LogP contribution in [-0.2, 0) is 17.9 Å². The molecule has 1 aromatic heterocycles. The molecule has 1 atom stereocenters. The Bertz CT molecular complexity index is 1010. The molecule has 8 heteroatoms. The van der Waals surface area contributed by atoms with Crippen molar-refractivity contribution in [3.8, 4) is 0 Å². The standard InChI is InChI=1S/C23H25FN4O3/c1-16(22(29)28(2)15-17-5-3-6-18(24)13-17)26-19-8-10-20(11-9-19)27-23(30)25-14-21-7-4-12-31-21/h3-13,16,26H,14-15H2,1-2H3,(H2,25,27,30). The number of carbonyl (C=O) groups is 2. The third kappa shape index (κ3) is 6.60. The van der Waals surface area contributed by atoms with Crippen molar-refractivity contribution in [3.05, 3.63) is 84.1 Å². The van der Waals surface area contributed by atoms with Crippen molar-refractivity contribution in [2.45, 2.75) is 26.1 Å². The Morgan fingerprint density at radius 3 is 2.48 bits per heavy atom. The van der Waals surface area contributed by atoms with Gasteiger partial charge in [0.1, 0.15) is 17.6 Å². The zero-order chi connectivity index (χ0) is 22.2. The topological polar surface area (TPSA) is 86.6 Å². The quantitative estimate of drug-likeness (QED) is 0.506. The van der Waals surface area contributed by atoms with Crippen LogP contribution in [0.25, 0.3) is 0 Å². The van der Waals surface area contributed by atoms with Crippen LogP contribution in [0.2, 0.25) is 0 Å². The van der Waals surface area contributed by atoms with Gasteiger partial charge in [0.05, 0.1) is 12.8 Å². The van der Waals surface area contributed by atoms with Gasteiger partial charge in [-0.15, -0.1) is 0 Å². The monoisotopic (exact) mass is 424 g/mol. The van der Waals surface area contributed by atoms with E-state index in [0.29, 0.717) is 24.5 Å². The average Bonchev–Trinajstić information content (AvgIpc) is 3.27. The number of hydrogen-bond acceptors (Lipinski definition) is 4. The van der Waals surface area contributed by atoms with Gasteiger partial charge in [-0.2, -0.15) is 0 Å². The van der Waals surface area contributed by atoms with Gasteiger partial charge in [0.2, 0.25) is 5.91 Å². The molecule has 0 spiro atoms. The molecule has 3 rings (SSSR count). The number of anilines is 2. The second-order valence-electron chi connectivity index (χ2n) is 7.15. The second kappa shape index (κ2) is 10.3. The minimum absolute atomic E-state index is 0.122. The van der Waals surface area contributed by atoms with Crippen molar-refractivity contribution in [1.82, 2.24) is 10.2 Å². The summed E-state index contributed by atoms with van der Waals surface area (Å²) in [6.07, 6.45) is 1.55. The number of nitrogens with one attached hydrogen (secondary N) is 3. The lowest BCUT2D eigenvalue weighted by Gasteiger charge is -2.23. The summed E-state index contributed by atoms with van der Waals surface area (Å²) in [5.74, 6) is 0.215. The van der Waals surface area contributed by atoms with Crippen LogP contribution in [-0.4, -0.2) is 29.9 Å². The van der Waals surface area contributed by atoms with Crippen LogP contribution in [0.1, 0.15) is 18.2 Å². The normalized spacial score (nSPS) is 11.5. The fraction of sp³-hybridized carbons (Fsp3) is 0.217. The first kappa shape index (κ1) is 21.9. The molecule has 0 aliphatic rings. The summed E-state index contributed by atoms with van der Waals surface area (Å²) in [6, 6.07) is 15.9. The van der Waals surface area contributed by atoms with Gasteiger partial charge in [-0.05, 0) is 61.0 Å². The number of amides is 3. The molecule has 0 radical (unpaired) electrons. The van der Waals surface area contributed by atoms with Crippen molar-refractivity contribution in [3.63, 3.8) is 0 Å². The lowest BCUT2D eigenvalue weighted by atomic mass is 10.2. The summed E-state index contributed by atoms with van der Waals surface area (Å²) in [5, 5.41) is 8.57. The van der Waals surface area contributed by atoms with E-state index in [1.54, 1.807) is 73.7 Å². The largest absolute Gasteiger partial charge is 0.467 e. The third-order valence-corrected chi connectivity index (χ3v) is 4.58. The number of urea groups is 1.